The van der Waals surface area contributed by atoms with Gasteiger partial charge in [-0.15, -0.1) is 0 Å². The molecule has 5 heteroatoms. The standard InChI is InChI=1S/C12H18N2O3/c1-8(15)9-5-6-10(13-7-9)14-11(16)17-12(2,3)4/h5-8,15H,1-4H3,(H,13,14,16). The lowest BCUT2D eigenvalue weighted by molar-refractivity contribution is 0.0635. The molecule has 2 N–H and O–H groups in total. The molecule has 0 aromatic carbocycles. The number of pyridine rings is 1. The van der Waals surface area contributed by atoms with E-state index in [9.17, 15) is 9.90 Å². The van der Waals surface area contributed by atoms with E-state index in [2.05, 4.69) is 10.3 Å². The summed E-state index contributed by atoms with van der Waals surface area (Å²) < 4.78 is 5.08. The van der Waals surface area contributed by atoms with Crippen LogP contribution in [0.25, 0.3) is 0 Å². The number of hydrogen-bond donors (Lipinski definition) is 2. The first-order valence-electron chi connectivity index (χ1n) is 5.42. The maximum atomic E-state index is 11.4. The van der Waals surface area contributed by atoms with Crippen molar-refractivity contribution in [3.63, 3.8) is 0 Å². The Labute approximate surface area is 101 Å². The summed E-state index contributed by atoms with van der Waals surface area (Å²) in [7, 11) is 0. The van der Waals surface area contributed by atoms with Crippen molar-refractivity contribution in [2.45, 2.75) is 39.4 Å². The fourth-order valence-electron chi connectivity index (χ4n) is 1.13. The maximum Gasteiger partial charge on any atom is 0.413 e. The third kappa shape index (κ3) is 4.82. The van der Waals surface area contributed by atoms with E-state index in [-0.39, 0.29) is 0 Å². The van der Waals surface area contributed by atoms with Crippen molar-refractivity contribution in [3.8, 4) is 0 Å². The Morgan fingerprint density at radius 1 is 1.47 bits per heavy atom. The lowest BCUT2D eigenvalue weighted by Crippen LogP contribution is -2.27. The maximum absolute atomic E-state index is 11.4. The zero-order valence-corrected chi connectivity index (χ0v) is 10.5. The van der Waals surface area contributed by atoms with E-state index in [4.69, 9.17) is 4.74 Å². The predicted molar refractivity (Wildman–Crippen MR) is 64.7 cm³/mol. The van der Waals surface area contributed by atoms with Crippen molar-refractivity contribution in [2.24, 2.45) is 0 Å². The van der Waals surface area contributed by atoms with Crippen LogP contribution in [0.15, 0.2) is 18.3 Å². The zero-order chi connectivity index (χ0) is 13.1. The quantitative estimate of drug-likeness (QED) is 0.830. The van der Waals surface area contributed by atoms with E-state index in [1.54, 1.807) is 39.8 Å². The Kier molecular flexibility index (Phi) is 4.07. The molecule has 0 bridgehead atoms. The minimum Gasteiger partial charge on any atom is -0.444 e. The molecule has 0 spiro atoms. The Bertz CT molecular complexity index is 380. The van der Waals surface area contributed by atoms with Crippen molar-refractivity contribution < 1.29 is 14.6 Å². The van der Waals surface area contributed by atoms with E-state index in [0.29, 0.717) is 11.4 Å². The summed E-state index contributed by atoms with van der Waals surface area (Å²) >= 11 is 0. The third-order valence-electron chi connectivity index (χ3n) is 1.90. The van der Waals surface area contributed by atoms with Gasteiger partial charge in [-0.3, -0.25) is 5.32 Å². The molecule has 1 rings (SSSR count). The number of carbonyl (C=O) groups excluding carboxylic acids is 1. The second-order valence-electron chi connectivity index (χ2n) is 4.78. The molecule has 0 saturated carbocycles. The Morgan fingerprint density at radius 3 is 2.53 bits per heavy atom. The molecule has 1 atom stereocenters. The minimum atomic E-state index is -0.571. The van der Waals surface area contributed by atoms with Crippen LogP contribution in [0, 0.1) is 0 Å². The molecule has 0 saturated heterocycles. The molecule has 0 aliphatic rings. The van der Waals surface area contributed by atoms with Gasteiger partial charge in [0.25, 0.3) is 0 Å². The molecule has 1 aromatic rings. The molecule has 0 fully saturated rings. The number of aliphatic hydroxyl groups excluding tert-OH is 1. The van der Waals surface area contributed by atoms with Crippen LogP contribution in [-0.4, -0.2) is 21.8 Å². The summed E-state index contributed by atoms with van der Waals surface area (Å²) in [6, 6.07) is 3.32. The van der Waals surface area contributed by atoms with Crippen LogP contribution >= 0.6 is 0 Å². The highest BCUT2D eigenvalue weighted by Crippen LogP contribution is 2.14. The van der Waals surface area contributed by atoms with Crippen LogP contribution in [0.1, 0.15) is 39.4 Å². The second kappa shape index (κ2) is 5.14. The van der Waals surface area contributed by atoms with E-state index in [1.165, 1.54) is 6.20 Å². The normalized spacial score (nSPS) is 13.0. The van der Waals surface area contributed by atoms with Crippen molar-refractivity contribution in [2.75, 3.05) is 5.32 Å². The summed E-state index contributed by atoms with van der Waals surface area (Å²) in [5, 5.41) is 11.8. The van der Waals surface area contributed by atoms with Gasteiger partial charge in [0.2, 0.25) is 0 Å². The van der Waals surface area contributed by atoms with Crippen molar-refractivity contribution in [1.29, 1.82) is 0 Å². The van der Waals surface area contributed by atoms with Crippen LogP contribution in [0.5, 0.6) is 0 Å². The van der Waals surface area contributed by atoms with Gasteiger partial charge in [0.15, 0.2) is 0 Å². The minimum absolute atomic E-state index is 0.392. The van der Waals surface area contributed by atoms with Crippen LogP contribution in [0.3, 0.4) is 0 Å². The molecular formula is C12H18N2O3. The largest absolute Gasteiger partial charge is 0.444 e. The molecule has 5 nitrogen and oxygen atoms in total. The van der Waals surface area contributed by atoms with E-state index in [1.807, 2.05) is 0 Å². The zero-order valence-electron chi connectivity index (χ0n) is 10.5. The van der Waals surface area contributed by atoms with Gasteiger partial charge in [0.1, 0.15) is 11.4 Å². The number of rotatable bonds is 2. The van der Waals surface area contributed by atoms with Crippen molar-refractivity contribution in [3.05, 3.63) is 23.9 Å². The number of carbonyl (C=O) groups is 1. The second-order valence-corrected chi connectivity index (χ2v) is 4.78. The fourth-order valence-corrected chi connectivity index (χ4v) is 1.13. The van der Waals surface area contributed by atoms with Gasteiger partial charge in [-0.2, -0.15) is 0 Å². The number of aromatic nitrogens is 1. The first kappa shape index (κ1) is 13.4. The number of aliphatic hydroxyl groups is 1. The SMILES string of the molecule is CC(O)c1ccc(NC(=O)OC(C)(C)C)nc1. The predicted octanol–water partition coefficient (Wildman–Crippen LogP) is 2.48. The van der Waals surface area contributed by atoms with Gasteiger partial charge >= 0.3 is 6.09 Å². The molecule has 0 aliphatic carbocycles. The van der Waals surface area contributed by atoms with Gasteiger partial charge in [-0.25, -0.2) is 9.78 Å². The number of nitrogens with one attached hydrogen (secondary N) is 1. The molecule has 0 radical (unpaired) electrons. The molecule has 1 aromatic heterocycles. The number of ether oxygens (including phenoxy) is 1. The van der Waals surface area contributed by atoms with E-state index < -0.39 is 17.8 Å². The van der Waals surface area contributed by atoms with Crippen LogP contribution in [0.2, 0.25) is 0 Å². The molecular weight excluding hydrogens is 220 g/mol. The first-order valence-corrected chi connectivity index (χ1v) is 5.42. The highest BCUT2D eigenvalue weighted by Gasteiger charge is 2.16. The average molecular weight is 238 g/mol. The molecule has 17 heavy (non-hydrogen) atoms. The topological polar surface area (TPSA) is 71.5 Å². The molecule has 1 heterocycles. The number of anilines is 1. The van der Waals surface area contributed by atoms with Crippen LogP contribution in [0.4, 0.5) is 10.6 Å². The van der Waals surface area contributed by atoms with E-state index >= 15 is 0 Å². The lowest BCUT2D eigenvalue weighted by Gasteiger charge is -2.19. The highest BCUT2D eigenvalue weighted by molar-refractivity contribution is 5.83. The first-order chi connectivity index (χ1) is 7.78. The van der Waals surface area contributed by atoms with Crippen LogP contribution in [-0.2, 0) is 4.74 Å². The monoisotopic (exact) mass is 238 g/mol. The van der Waals surface area contributed by atoms with Gasteiger partial charge in [-0.1, -0.05) is 6.07 Å². The summed E-state index contributed by atoms with van der Waals surface area (Å²) in [5.74, 6) is 0.392. The van der Waals surface area contributed by atoms with Crippen LogP contribution < -0.4 is 5.32 Å². The number of hydrogen-bond acceptors (Lipinski definition) is 4. The smallest absolute Gasteiger partial charge is 0.413 e. The summed E-state index contributed by atoms with van der Waals surface area (Å²) in [5.41, 5.74) is 0.156. The average Bonchev–Trinajstić information content (AvgIpc) is 2.15. The molecule has 1 unspecified atom stereocenters. The fraction of sp³-hybridized carbons (Fsp3) is 0.500. The molecule has 1 amide bonds. The third-order valence-corrected chi connectivity index (χ3v) is 1.90. The Hall–Kier alpha value is -1.62. The van der Waals surface area contributed by atoms with Gasteiger partial charge in [0.05, 0.1) is 6.10 Å². The summed E-state index contributed by atoms with van der Waals surface area (Å²) in [4.78, 5) is 15.4. The Morgan fingerprint density at radius 2 is 2.12 bits per heavy atom. The molecule has 94 valence electrons. The highest BCUT2D eigenvalue weighted by atomic mass is 16.6. The number of amides is 1. The van der Waals surface area contributed by atoms with Gasteiger partial charge in [-0.05, 0) is 39.3 Å². The van der Waals surface area contributed by atoms with Crippen molar-refractivity contribution in [1.82, 2.24) is 4.98 Å². The summed E-state index contributed by atoms with van der Waals surface area (Å²) in [6.07, 6.45) is 0.394. The molecule has 0 aliphatic heterocycles. The lowest BCUT2D eigenvalue weighted by atomic mass is 10.2. The van der Waals surface area contributed by atoms with Gasteiger partial charge < -0.3 is 9.84 Å². The van der Waals surface area contributed by atoms with Gasteiger partial charge in [0, 0.05) is 6.20 Å². The van der Waals surface area contributed by atoms with Crippen molar-refractivity contribution >= 4 is 11.9 Å². The Balaban J connectivity index is 2.61. The number of nitrogens with zero attached hydrogens (tertiary/aromatic N) is 1. The summed E-state index contributed by atoms with van der Waals surface area (Å²) in [6.45, 7) is 7.02. The van der Waals surface area contributed by atoms with E-state index in [0.717, 1.165) is 0 Å².